The van der Waals surface area contributed by atoms with Gasteiger partial charge in [-0.15, -0.1) is 11.3 Å². The smallest absolute Gasteiger partial charge is 0.235 e. The van der Waals surface area contributed by atoms with E-state index >= 15 is 0 Å². The Morgan fingerprint density at radius 3 is 3.00 bits per heavy atom. The number of hydrogen-bond acceptors (Lipinski definition) is 5. The van der Waals surface area contributed by atoms with Crippen LogP contribution >= 0.6 is 23.1 Å². The largest absolute Gasteiger partial charge is 0.368 e. The summed E-state index contributed by atoms with van der Waals surface area (Å²) in [4.78, 5) is 15.9. The van der Waals surface area contributed by atoms with Crippen molar-refractivity contribution in [2.24, 2.45) is 5.73 Å². The fraction of sp³-hybridized carbons (Fsp3) is 0.385. The molecule has 3 N–H and O–H groups in total. The summed E-state index contributed by atoms with van der Waals surface area (Å²) in [6, 6.07) is 7.74. The van der Waals surface area contributed by atoms with Gasteiger partial charge in [0, 0.05) is 5.75 Å². The monoisotopic (exact) mass is 295 g/mol. The van der Waals surface area contributed by atoms with Gasteiger partial charge in [0.2, 0.25) is 5.91 Å². The maximum absolute atomic E-state index is 11.3. The first-order valence-electron chi connectivity index (χ1n) is 6.21. The Morgan fingerprint density at radius 1 is 1.53 bits per heavy atom. The first kappa shape index (κ1) is 14.3. The highest BCUT2D eigenvalue weighted by Crippen LogP contribution is 2.29. The highest BCUT2D eigenvalue weighted by molar-refractivity contribution is 8.01. The summed E-state index contributed by atoms with van der Waals surface area (Å²) in [6.07, 6.45) is 0.982. The molecule has 1 aromatic carbocycles. The molecule has 2 rings (SSSR count). The highest BCUT2D eigenvalue weighted by atomic mass is 32.2. The number of amides is 1. The second-order valence-corrected chi connectivity index (χ2v) is 6.47. The van der Waals surface area contributed by atoms with Crippen LogP contribution in [0.25, 0.3) is 10.2 Å². The van der Waals surface area contributed by atoms with Gasteiger partial charge in [-0.1, -0.05) is 30.8 Å². The number of fused-ring (bicyclic) bond motifs is 1. The van der Waals surface area contributed by atoms with Crippen molar-refractivity contribution in [1.82, 2.24) is 10.3 Å². The molecule has 102 valence electrons. The maximum atomic E-state index is 11.3. The van der Waals surface area contributed by atoms with Crippen LogP contribution in [0.4, 0.5) is 0 Å². The summed E-state index contributed by atoms with van der Waals surface area (Å²) < 4.78 is 2.15. The molecule has 1 amide bonds. The molecule has 2 aromatic rings. The molecule has 0 radical (unpaired) electrons. The first-order valence-corrected chi connectivity index (χ1v) is 8.02. The number of primary amides is 1. The third-order valence-electron chi connectivity index (χ3n) is 2.63. The SMILES string of the molecule is CCCNC(CSc1nc2ccccc2s1)C(N)=O. The first-order chi connectivity index (χ1) is 9.20. The van der Waals surface area contributed by atoms with Gasteiger partial charge in [0.1, 0.15) is 0 Å². The van der Waals surface area contributed by atoms with Crippen LogP contribution in [-0.2, 0) is 4.79 Å². The quantitative estimate of drug-likeness (QED) is 0.769. The third-order valence-corrected chi connectivity index (χ3v) is 4.90. The van der Waals surface area contributed by atoms with Gasteiger partial charge in [-0.25, -0.2) is 4.98 Å². The van der Waals surface area contributed by atoms with Crippen LogP contribution in [0, 0.1) is 0 Å². The number of carbonyl (C=O) groups is 1. The van der Waals surface area contributed by atoms with Gasteiger partial charge in [0.05, 0.1) is 16.3 Å². The van der Waals surface area contributed by atoms with E-state index in [0.717, 1.165) is 22.8 Å². The predicted molar refractivity (Wildman–Crippen MR) is 81.6 cm³/mol. The molecular formula is C13H17N3OS2. The van der Waals surface area contributed by atoms with Gasteiger partial charge in [-0.2, -0.15) is 0 Å². The number of rotatable bonds is 7. The lowest BCUT2D eigenvalue weighted by Gasteiger charge is -2.13. The lowest BCUT2D eigenvalue weighted by atomic mass is 10.3. The molecule has 0 aliphatic heterocycles. The Morgan fingerprint density at radius 2 is 2.32 bits per heavy atom. The minimum absolute atomic E-state index is 0.294. The normalized spacial score (nSPS) is 12.7. The second kappa shape index (κ2) is 6.88. The van der Waals surface area contributed by atoms with Gasteiger partial charge in [0.25, 0.3) is 0 Å². The number of nitrogens with one attached hydrogen (secondary N) is 1. The van der Waals surface area contributed by atoms with Crippen molar-refractivity contribution >= 4 is 39.2 Å². The Balaban J connectivity index is 1.97. The number of thioether (sulfide) groups is 1. The van der Waals surface area contributed by atoms with E-state index in [-0.39, 0.29) is 11.9 Å². The van der Waals surface area contributed by atoms with E-state index in [1.807, 2.05) is 18.2 Å². The number of nitrogens with two attached hydrogens (primary N) is 1. The Hall–Kier alpha value is -1.11. The van der Waals surface area contributed by atoms with Gasteiger partial charge >= 0.3 is 0 Å². The molecule has 1 aromatic heterocycles. The molecule has 0 saturated carbocycles. The molecule has 0 saturated heterocycles. The molecule has 0 aliphatic rings. The summed E-state index contributed by atoms with van der Waals surface area (Å²) >= 11 is 3.22. The van der Waals surface area contributed by atoms with E-state index < -0.39 is 0 Å². The molecule has 0 fully saturated rings. The minimum Gasteiger partial charge on any atom is -0.368 e. The van der Waals surface area contributed by atoms with Crippen LogP contribution in [0.2, 0.25) is 0 Å². The summed E-state index contributed by atoms with van der Waals surface area (Å²) in [7, 11) is 0. The summed E-state index contributed by atoms with van der Waals surface area (Å²) in [5.74, 6) is 0.317. The number of benzene rings is 1. The topological polar surface area (TPSA) is 68.0 Å². The lowest BCUT2D eigenvalue weighted by Crippen LogP contribution is -2.43. The van der Waals surface area contributed by atoms with Gasteiger partial charge in [-0.05, 0) is 25.1 Å². The number of carbonyl (C=O) groups excluding carboxylic acids is 1. The van der Waals surface area contributed by atoms with Crippen LogP contribution in [0.5, 0.6) is 0 Å². The van der Waals surface area contributed by atoms with E-state index in [4.69, 9.17) is 5.73 Å². The van der Waals surface area contributed by atoms with E-state index in [1.54, 1.807) is 23.1 Å². The molecule has 0 spiro atoms. The second-order valence-electron chi connectivity index (χ2n) is 4.17. The zero-order chi connectivity index (χ0) is 13.7. The van der Waals surface area contributed by atoms with Crippen LogP contribution < -0.4 is 11.1 Å². The Bertz CT molecular complexity index is 523. The van der Waals surface area contributed by atoms with E-state index in [2.05, 4.69) is 23.3 Å². The van der Waals surface area contributed by atoms with Crippen molar-refractivity contribution in [3.8, 4) is 0 Å². The summed E-state index contributed by atoms with van der Waals surface area (Å²) in [5, 5.41) is 3.15. The summed E-state index contributed by atoms with van der Waals surface area (Å²) in [5.41, 5.74) is 6.39. The van der Waals surface area contributed by atoms with Crippen molar-refractivity contribution < 1.29 is 4.79 Å². The van der Waals surface area contributed by atoms with Crippen LogP contribution in [-0.4, -0.2) is 29.2 Å². The Kier molecular flexibility index (Phi) is 5.18. The molecule has 0 aliphatic carbocycles. The third kappa shape index (κ3) is 3.92. The molecule has 6 heteroatoms. The number of hydrogen-bond donors (Lipinski definition) is 2. The number of nitrogens with zero attached hydrogens (tertiary/aromatic N) is 1. The van der Waals surface area contributed by atoms with Crippen molar-refractivity contribution in [2.75, 3.05) is 12.3 Å². The van der Waals surface area contributed by atoms with Gasteiger partial charge in [-0.3, -0.25) is 4.79 Å². The van der Waals surface area contributed by atoms with Gasteiger partial charge < -0.3 is 11.1 Å². The fourth-order valence-electron chi connectivity index (χ4n) is 1.63. The average molecular weight is 295 g/mol. The number of thiazole rings is 1. The van der Waals surface area contributed by atoms with Crippen LogP contribution in [0.3, 0.4) is 0 Å². The summed E-state index contributed by atoms with van der Waals surface area (Å²) in [6.45, 7) is 2.86. The molecular weight excluding hydrogens is 278 g/mol. The van der Waals surface area contributed by atoms with Crippen molar-refractivity contribution in [1.29, 1.82) is 0 Å². The van der Waals surface area contributed by atoms with E-state index in [0.29, 0.717) is 5.75 Å². The molecule has 4 nitrogen and oxygen atoms in total. The van der Waals surface area contributed by atoms with Crippen LogP contribution in [0.15, 0.2) is 28.6 Å². The van der Waals surface area contributed by atoms with Crippen molar-refractivity contribution in [2.45, 2.75) is 23.7 Å². The van der Waals surface area contributed by atoms with E-state index in [1.165, 1.54) is 4.70 Å². The molecule has 1 atom stereocenters. The van der Waals surface area contributed by atoms with Crippen molar-refractivity contribution in [3.05, 3.63) is 24.3 Å². The predicted octanol–water partition coefficient (Wildman–Crippen LogP) is 2.24. The fourth-order valence-corrected chi connectivity index (χ4v) is 3.79. The number of para-hydroxylation sites is 1. The zero-order valence-electron chi connectivity index (χ0n) is 10.8. The highest BCUT2D eigenvalue weighted by Gasteiger charge is 2.15. The molecule has 19 heavy (non-hydrogen) atoms. The Labute approximate surface area is 120 Å². The van der Waals surface area contributed by atoms with Crippen LogP contribution in [0.1, 0.15) is 13.3 Å². The van der Waals surface area contributed by atoms with Gasteiger partial charge in [0.15, 0.2) is 4.34 Å². The average Bonchev–Trinajstić information content (AvgIpc) is 2.81. The maximum Gasteiger partial charge on any atom is 0.235 e. The molecule has 0 bridgehead atoms. The molecule has 1 unspecified atom stereocenters. The van der Waals surface area contributed by atoms with Crippen molar-refractivity contribution in [3.63, 3.8) is 0 Å². The number of aromatic nitrogens is 1. The zero-order valence-corrected chi connectivity index (χ0v) is 12.4. The van der Waals surface area contributed by atoms with E-state index in [9.17, 15) is 4.79 Å². The lowest BCUT2D eigenvalue weighted by molar-refractivity contribution is -0.119. The minimum atomic E-state index is -0.304. The standard InChI is InChI=1S/C13H17N3OS2/c1-2-7-15-10(12(14)17)8-18-13-16-9-5-3-4-6-11(9)19-13/h3-6,10,15H,2,7-8H2,1H3,(H2,14,17). The molecule has 1 heterocycles.